The molecule has 21 heavy (non-hydrogen) atoms. The fourth-order valence-corrected chi connectivity index (χ4v) is 2.24. The van der Waals surface area contributed by atoms with Crippen LogP contribution in [-0.4, -0.2) is 36.6 Å². The van der Waals surface area contributed by atoms with Crippen molar-refractivity contribution in [2.75, 3.05) is 0 Å². The minimum Gasteiger partial charge on any atom is -0.388 e. The molecule has 0 aliphatic heterocycles. The summed E-state index contributed by atoms with van der Waals surface area (Å²) < 4.78 is 14.5. The Morgan fingerprint density at radius 1 is 1.62 bits per heavy atom. The number of nitrogens with zero attached hydrogens (tertiary/aromatic N) is 3. The van der Waals surface area contributed by atoms with E-state index in [0.29, 0.717) is 4.60 Å². The molecule has 2 aromatic rings. The predicted molar refractivity (Wildman–Crippen MR) is 82.6 cm³/mol. The normalized spacial score (nSPS) is 13.4. The minimum absolute atomic E-state index is 0.0637. The molecule has 0 fully saturated rings. The van der Waals surface area contributed by atoms with Crippen LogP contribution in [0.4, 0.5) is 3.89 Å². The summed E-state index contributed by atoms with van der Waals surface area (Å²) in [5.74, 6) is -0.449. The second-order valence-corrected chi connectivity index (χ2v) is 6.50. The molecule has 0 aliphatic carbocycles. The van der Waals surface area contributed by atoms with Crippen LogP contribution in [0.3, 0.4) is 0 Å². The summed E-state index contributed by atoms with van der Waals surface area (Å²) in [4.78, 5) is 20.5. The van der Waals surface area contributed by atoms with Gasteiger partial charge in [0.1, 0.15) is 10.1 Å². The number of hydrogen-bond acceptors (Lipinski definition) is 5. The van der Waals surface area contributed by atoms with Gasteiger partial charge in [0.2, 0.25) is 0 Å². The van der Waals surface area contributed by atoms with E-state index < -0.39 is 17.6 Å². The molecule has 6 nitrogen and oxygen atoms in total. The number of nitrogens with one attached hydrogen (secondary N) is 1. The average Bonchev–Trinajstić information content (AvgIpc) is 2.75. The highest BCUT2D eigenvalue weighted by molar-refractivity contribution is 9.10. The van der Waals surface area contributed by atoms with Crippen molar-refractivity contribution in [3.05, 3.63) is 22.6 Å². The summed E-state index contributed by atoms with van der Waals surface area (Å²) in [5.41, 5.74) is -0.337. The van der Waals surface area contributed by atoms with E-state index in [-0.39, 0.29) is 29.1 Å². The van der Waals surface area contributed by atoms with Crippen LogP contribution < -0.4 is 5.32 Å². The Kier molecular flexibility index (Phi) is 4.54. The largest absolute Gasteiger partial charge is 0.388 e. The van der Waals surface area contributed by atoms with Gasteiger partial charge in [-0.15, -0.1) is 3.89 Å². The summed E-state index contributed by atoms with van der Waals surface area (Å²) in [6, 6.07) is -0.485. The Labute approximate surface area is 133 Å². The van der Waals surface area contributed by atoms with Crippen molar-refractivity contribution in [2.45, 2.75) is 32.4 Å². The molecule has 0 bridgehead atoms. The summed E-state index contributed by atoms with van der Waals surface area (Å²) in [5, 5.41) is 12.5. The summed E-state index contributed by atoms with van der Waals surface area (Å²) >= 11 is 3.11. The third-order valence-electron chi connectivity index (χ3n) is 3.16. The average molecular weight is 377 g/mol. The molecule has 2 aromatic heterocycles. The number of aromatic nitrogens is 3. The lowest BCUT2D eigenvalue weighted by atomic mass is 10.0. The molecule has 9 heteroatoms. The SMILES string of the molecule is C[C@@H](NC(=O)c1cn(SF)c2ncc(Br)nc12)C(C)(C)O. The molecule has 2 heterocycles. The van der Waals surface area contributed by atoms with Crippen LogP contribution in [0.25, 0.3) is 11.2 Å². The standard InChI is InChI=1S/C12H14BrFN4O2S/c1-6(12(2,3)20)16-11(19)7-5-18(21-14)10-9(7)17-8(13)4-15-10/h4-6,20H,1-3H3,(H,16,19)/t6-/m1/s1. The third-order valence-corrected chi connectivity index (χ3v) is 3.97. The fraction of sp³-hybridized carbons (Fsp3) is 0.417. The van der Waals surface area contributed by atoms with E-state index >= 15 is 0 Å². The van der Waals surface area contributed by atoms with E-state index in [4.69, 9.17) is 0 Å². The molecule has 2 N–H and O–H groups in total. The zero-order chi connectivity index (χ0) is 15.8. The number of halogens is 2. The molecule has 0 saturated heterocycles. The van der Waals surface area contributed by atoms with Crippen LogP contribution in [0.5, 0.6) is 0 Å². The second-order valence-electron chi connectivity index (χ2n) is 5.15. The fourth-order valence-electron chi connectivity index (χ4n) is 1.61. The summed E-state index contributed by atoms with van der Waals surface area (Å²) in [6.07, 6.45) is 2.75. The van der Waals surface area contributed by atoms with Crippen molar-refractivity contribution in [2.24, 2.45) is 0 Å². The van der Waals surface area contributed by atoms with Crippen LogP contribution in [0.15, 0.2) is 17.0 Å². The zero-order valence-corrected chi connectivity index (χ0v) is 14.0. The molecule has 1 atom stereocenters. The number of aliphatic hydroxyl groups is 1. The smallest absolute Gasteiger partial charge is 0.255 e. The number of fused-ring (bicyclic) bond motifs is 1. The van der Waals surface area contributed by atoms with Crippen LogP contribution >= 0.6 is 28.3 Å². The van der Waals surface area contributed by atoms with E-state index in [1.54, 1.807) is 20.8 Å². The Balaban J connectivity index is 2.42. The van der Waals surface area contributed by atoms with Crippen LogP contribution in [0.1, 0.15) is 31.1 Å². The highest BCUT2D eigenvalue weighted by Gasteiger charge is 2.26. The molecule has 0 radical (unpaired) electrons. The molecule has 0 aromatic carbocycles. The number of rotatable bonds is 4. The zero-order valence-electron chi connectivity index (χ0n) is 11.6. The Morgan fingerprint density at radius 2 is 2.29 bits per heavy atom. The van der Waals surface area contributed by atoms with E-state index in [9.17, 15) is 13.8 Å². The van der Waals surface area contributed by atoms with Gasteiger partial charge in [-0.2, -0.15) is 0 Å². The van der Waals surface area contributed by atoms with Crippen molar-refractivity contribution in [1.29, 1.82) is 0 Å². The molecule has 114 valence electrons. The second kappa shape index (κ2) is 5.90. The van der Waals surface area contributed by atoms with Gasteiger partial charge in [-0.25, -0.2) is 13.9 Å². The number of carbonyl (C=O) groups is 1. The topological polar surface area (TPSA) is 80.0 Å². The maximum absolute atomic E-state index is 12.9. The van der Waals surface area contributed by atoms with Gasteiger partial charge in [-0.05, 0) is 36.7 Å². The molecule has 0 unspecified atom stereocenters. The first-order chi connectivity index (χ1) is 9.74. The molecular weight excluding hydrogens is 363 g/mol. The van der Waals surface area contributed by atoms with Gasteiger partial charge < -0.3 is 10.4 Å². The van der Waals surface area contributed by atoms with Crippen molar-refractivity contribution in [1.82, 2.24) is 19.3 Å². The first-order valence-electron chi connectivity index (χ1n) is 6.10. The monoisotopic (exact) mass is 376 g/mol. The molecule has 2 rings (SSSR count). The van der Waals surface area contributed by atoms with Gasteiger partial charge >= 0.3 is 0 Å². The van der Waals surface area contributed by atoms with Crippen molar-refractivity contribution in [3.8, 4) is 0 Å². The maximum Gasteiger partial charge on any atom is 0.255 e. The predicted octanol–water partition coefficient (Wildman–Crippen LogP) is 2.46. The van der Waals surface area contributed by atoms with Gasteiger partial charge in [0.15, 0.2) is 18.0 Å². The summed E-state index contributed by atoms with van der Waals surface area (Å²) in [7, 11) is 0. The van der Waals surface area contributed by atoms with Crippen molar-refractivity contribution < 1.29 is 13.8 Å². The lowest BCUT2D eigenvalue weighted by molar-refractivity contribution is 0.0409. The van der Waals surface area contributed by atoms with Crippen LogP contribution in [0, 0.1) is 0 Å². The third kappa shape index (κ3) is 3.35. The highest BCUT2D eigenvalue weighted by atomic mass is 79.9. The van der Waals surface area contributed by atoms with E-state index in [2.05, 4.69) is 31.2 Å². The van der Waals surface area contributed by atoms with Gasteiger partial charge in [-0.3, -0.25) is 4.79 Å². The van der Waals surface area contributed by atoms with E-state index in [0.717, 1.165) is 3.97 Å². The summed E-state index contributed by atoms with van der Waals surface area (Å²) in [6.45, 7) is 4.87. The Morgan fingerprint density at radius 3 is 2.86 bits per heavy atom. The van der Waals surface area contributed by atoms with Crippen LogP contribution in [0.2, 0.25) is 0 Å². The van der Waals surface area contributed by atoms with Gasteiger partial charge in [0.25, 0.3) is 5.91 Å². The Hall–Kier alpha value is -1.19. The molecule has 0 aliphatic rings. The Bertz CT molecular complexity index is 686. The number of carbonyl (C=O) groups excluding carboxylic acids is 1. The van der Waals surface area contributed by atoms with Gasteiger partial charge in [0.05, 0.1) is 23.4 Å². The first-order valence-corrected chi connectivity index (χ1v) is 7.56. The van der Waals surface area contributed by atoms with Crippen molar-refractivity contribution >= 4 is 45.3 Å². The lowest BCUT2D eigenvalue weighted by Gasteiger charge is -2.26. The molecular formula is C12H14BrFN4O2S. The van der Waals surface area contributed by atoms with Crippen LogP contribution in [-0.2, 0) is 0 Å². The highest BCUT2D eigenvalue weighted by Crippen LogP contribution is 2.24. The van der Waals surface area contributed by atoms with E-state index in [1.807, 2.05) is 0 Å². The molecule has 0 spiro atoms. The quantitative estimate of drug-likeness (QED) is 0.856. The first kappa shape index (κ1) is 16.2. The van der Waals surface area contributed by atoms with Gasteiger partial charge in [0, 0.05) is 6.20 Å². The minimum atomic E-state index is -1.07. The number of amides is 1. The molecule has 0 saturated carbocycles. The van der Waals surface area contributed by atoms with E-state index in [1.165, 1.54) is 12.4 Å². The van der Waals surface area contributed by atoms with Gasteiger partial charge in [-0.1, -0.05) is 0 Å². The molecule has 1 amide bonds. The number of hydrogen-bond donors (Lipinski definition) is 2. The van der Waals surface area contributed by atoms with Crippen molar-refractivity contribution in [3.63, 3.8) is 0 Å². The lowest BCUT2D eigenvalue weighted by Crippen LogP contribution is -2.47. The maximum atomic E-state index is 12.9.